The summed E-state index contributed by atoms with van der Waals surface area (Å²) < 4.78 is 0. The Morgan fingerprint density at radius 2 is 2.09 bits per heavy atom. The van der Waals surface area contributed by atoms with Crippen LogP contribution in [-0.2, 0) is 4.79 Å². The number of nitrogens with zero attached hydrogens (tertiary/aromatic N) is 2. The van der Waals surface area contributed by atoms with Gasteiger partial charge in [-0.1, -0.05) is 26.2 Å². The molecular weight excluding hydrogens is 393 g/mol. The van der Waals surface area contributed by atoms with E-state index in [9.17, 15) is 4.79 Å². The fraction of sp³-hybridized carbons (Fsp3) is 0.533. The van der Waals surface area contributed by atoms with E-state index in [4.69, 9.17) is 0 Å². The van der Waals surface area contributed by atoms with Crippen LogP contribution in [0.25, 0.3) is 0 Å². The topological polar surface area (TPSA) is 78.4 Å². The lowest BCUT2D eigenvalue weighted by Gasteiger charge is -2.11. The number of carbonyl (C=O) groups is 1. The highest BCUT2D eigenvalue weighted by Gasteiger charge is 2.03. The minimum atomic E-state index is -0.128. The standard InChI is InChI=1S/C15H25N5O.HI/c1-3-4-5-6-10-18-15(16-2)19-12-14(21)20-13-8-7-9-17-11-13;/h7-9,11H,3-6,10,12H2,1-2H3,(H,20,21)(H2,16,18,19);1H. The summed E-state index contributed by atoms with van der Waals surface area (Å²) in [6, 6.07) is 3.57. The number of anilines is 1. The summed E-state index contributed by atoms with van der Waals surface area (Å²) in [6.45, 7) is 3.22. The monoisotopic (exact) mass is 419 g/mol. The number of hydrogen-bond donors (Lipinski definition) is 3. The highest BCUT2D eigenvalue weighted by molar-refractivity contribution is 14.0. The Balaban J connectivity index is 0.00000441. The minimum absolute atomic E-state index is 0. The molecule has 0 spiro atoms. The van der Waals surface area contributed by atoms with Gasteiger partial charge in [0.2, 0.25) is 5.91 Å². The van der Waals surface area contributed by atoms with E-state index >= 15 is 0 Å². The van der Waals surface area contributed by atoms with E-state index in [1.54, 1.807) is 31.6 Å². The Morgan fingerprint density at radius 1 is 1.27 bits per heavy atom. The van der Waals surface area contributed by atoms with Gasteiger partial charge in [0, 0.05) is 19.8 Å². The summed E-state index contributed by atoms with van der Waals surface area (Å²) in [7, 11) is 1.69. The second kappa shape index (κ2) is 13.3. The van der Waals surface area contributed by atoms with Crippen LogP contribution in [0.4, 0.5) is 5.69 Å². The first kappa shape index (κ1) is 20.6. The molecule has 0 atom stereocenters. The van der Waals surface area contributed by atoms with Gasteiger partial charge in [0.05, 0.1) is 18.4 Å². The average molecular weight is 419 g/mol. The Kier molecular flexibility index (Phi) is 12.5. The van der Waals surface area contributed by atoms with Crippen molar-refractivity contribution in [2.24, 2.45) is 4.99 Å². The Morgan fingerprint density at radius 3 is 2.73 bits per heavy atom. The fourth-order valence-corrected chi connectivity index (χ4v) is 1.79. The molecule has 0 saturated carbocycles. The molecule has 0 aromatic carbocycles. The molecule has 1 aromatic heterocycles. The van der Waals surface area contributed by atoms with E-state index in [-0.39, 0.29) is 36.4 Å². The molecule has 6 nitrogen and oxygen atoms in total. The third kappa shape index (κ3) is 9.54. The lowest BCUT2D eigenvalue weighted by atomic mass is 10.2. The van der Waals surface area contributed by atoms with Gasteiger partial charge in [-0.15, -0.1) is 24.0 Å². The molecule has 7 heteroatoms. The van der Waals surface area contributed by atoms with Gasteiger partial charge in [0.1, 0.15) is 0 Å². The van der Waals surface area contributed by atoms with Crippen molar-refractivity contribution in [3.8, 4) is 0 Å². The number of nitrogens with one attached hydrogen (secondary N) is 3. The molecule has 0 aliphatic rings. The van der Waals surface area contributed by atoms with Crippen LogP contribution >= 0.6 is 24.0 Å². The quantitative estimate of drug-likeness (QED) is 0.262. The maximum Gasteiger partial charge on any atom is 0.243 e. The van der Waals surface area contributed by atoms with Gasteiger partial charge in [-0.25, -0.2) is 0 Å². The van der Waals surface area contributed by atoms with E-state index in [2.05, 4.69) is 32.9 Å². The lowest BCUT2D eigenvalue weighted by molar-refractivity contribution is -0.115. The summed E-state index contributed by atoms with van der Waals surface area (Å²) in [6.07, 6.45) is 8.07. The maximum absolute atomic E-state index is 11.8. The van der Waals surface area contributed by atoms with Crippen LogP contribution in [-0.4, -0.2) is 37.0 Å². The fourth-order valence-electron chi connectivity index (χ4n) is 1.79. The minimum Gasteiger partial charge on any atom is -0.356 e. The van der Waals surface area contributed by atoms with Crippen molar-refractivity contribution in [2.75, 3.05) is 25.5 Å². The smallest absolute Gasteiger partial charge is 0.243 e. The molecule has 0 unspecified atom stereocenters. The van der Waals surface area contributed by atoms with Crippen molar-refractivity contribution in [1.82, 2.24) is 15.6 Å². The Hall–Kier alpha value is -1.38. The third-order valence-electron chi connectivity index (χ3n) is 2.91. The predicted octanol–water partition coefficient (Wildman–Crippen LogP) is 2.38. The molecule has 0 fully saturated rings. The molecular formula is C15H26IN5O. The number of amides is 1. The van der Waals surface area contributed by atoms with Gasteiger partial charge in [-0.2, -0.15) is 0 Å². The van der Waals surface area contributed by atoms with Crippen molar-refractivity contribution >= 4 is 41.5 Å². The molecule has 124 valence electrons. The highest BCUT2D eigenvalue weighted by atomic mass is 127. The molecule has 0 bridgehead atoms. The van der Waals surface area contributed by atoms with Gasteiger partial charge in [-0.3, -0.25) is 14.8 Å². The van der Waals surface area contributed by atoms with E-state index in [1.165, 1.54) is 19.3 Å². The van der Waals surface area contributed by atoms with Crippen LogP contribution in [0, 0.1) is 0 Å². The molecule has 22 heavy (non-hydrogen) atoms. The molecule has 1 rings (SSSR count). The SMILES string of the molecule is CCCCCCNC(=NC)NCC(=O)Nc1cccnc1.I. The van der Waals surface area contributed by atoms with Crippen molar-refractivity contribution in [1.29, 1.82) is 0 Å². The van der Waals surface area contributed by atoms with Crippen LogP contribution in [0.15, 0.2) is 29.5 Å². The van der Waals surface area contributed by atoms with Crippen LogP contribution < -0.4 is 16.0 Å². The third-order valence-corrected chi connectivity index (χ3v) is 2.91. The number of guanidine groups is 1. The van der Waals surface area contributed by atoms with E-state index in [0.29, 0.717) is 11.6 Å². The Labute approximate surface area is 149 Å². The van der Waals surface area contributed by atoms with Crippen LogP contribution in [0.5, 0.6) is 0 Å². The van der Waals surface area contributed by atoms with Gasteiger partial charge >= 0.3 is 0 Å². The number of hydrogen-bond acceptors (Lipinski definition) is 3. The van der Waals surface area contributed by atoms with Crippen LogP contribution in [0.3, 0.4) is 0 Å². The number of pyridine rings is 1. The number of aliphatic imine (C=N–C) groups is 1. The van der Waals surface area contributed by atoms with Crippen molar-refractivity contribution in [2.45, 2.75) is 32.6 Å². The first-order chi connectivity index (χ1) is 10.3. The number of unbranched alkanes of at least 4 members (excludes halogenated alkanes) is 3. The second-order valence-electron chi connectivity index (χ2n) is 4.70. The van der Waals surface area contributed by atoms with Crippen LogP contribution in [0.1, 0.15) is 32.6 Å². The van der Waals surface area contributed by atoms with Crippen LogP contribution in [0.2, 0.25) is 0 Å². The first-order valence-corrected chi connectivity index (χ1v) is 7.40. The summed E-state index contributed by atoms with van der Waals surface area (Å²) >= 11 is 0. The number of aromatic nitrogens is 1. The van der Waals surface area contributed by atoms with Gasteiger partial charge < -0.3 is 16.0 Å². The Bertz CT molecular complexity index is 439. The zero-order valence-electron chi connectivity index (χ0n) is 13.3. The first-order valence-electron chi connectivity index (χ1n) is 7.40. The zero-order chi connectivity index (χ0) is 15.3. The molecule has 0 saturated heterocycles. The van der Waals surface area contributed by atoms with Crippen molar-refractivity contribution < 1.29 is 4.79 Å². The zero-order valence-corrected chi connectivity index (χ0v) is 15.6. The van der Waals surface area contributed by atoms with Gasteiger partial charge in [-0.05, 0) is 18.6 Å². The van der Waals surface area contributed by atoms with E-state index < -0.39 is 0 Å². The molecule has 1 aromatic rings. The highest BCUT2D eigenvalue weighted by Crippen LogP contribution is 2.01. The van der Waals surface area contributed by atoms with Crippen molar-refractivity contribution in [3.05, 3.63) is 24.5 Å². The lowest BCUT2D eigenvalue weighted by Crippen LogP contribution is -2.41. The summed E-state index contributed by atoms with van der Waals surface area (Å²) in [5.41, 5.74) is 0.687. The molecule has 0 radical (unpaired) electrons. The van der Waals surface area contributed by atoms with E-state index in [1.807, 2.05) is 0 Å². The number of rotatable bonds is 8. The molecule has 3 N–H and O–H groups in total. The average Bonchev–Trinajstić information content (AvgIpc) is 2.51. The predicted molar refractivity (Wildman–Crippen MR) is 102 cm³/mol. The number of carbonyl (C=O) groups excluding carboxylic acids is 1. The summed E-state index contributed by atoms with van der Waals surface area (Å²) in [5.74, 6) is 0.518. The molecule has 1 heterocycles. The normalized spacial score (nSPS) is 10.5. The molecule has 0 aliphatic carbocycles. The van der Waals surface area contributed by atoms with Gasteiger partial charge in [0.15, 0.2) is 5.96 Å². The largest absolute Gasteiger partial charge is 0.356 e. The molecule has 1 amide bonds. The molecule has 0 aliphatic heterocycles. The maximum atomic E-state index is 11.8. The second-order valence-corrected chi connectivity index (χ2v) is 4.70. The van der Waals surface area contributed by atoms with E-state index in [0.717, 1.165) is 13.0 Å². The van der Waals surface area contributed by atoms with Gasteiger partial charge in [0.25, 0.3) is 0 Å². The number of halogens is 1. The van der Waals surface area contributed by atoms with Crippen molar-refractivity contribution in [3.63, 3.8) is 0 Å². The summed E-state index contributed by atoms with van der Waals surface area (Å²) in [4.78, 5) is 19.8. The summed E-state index contributed by atoms with van der Waals surface area (Å²) in [5, 5.41) is 8.94.